The van der Waals surface area contributed by atoms with Crippen LogP contribution >= 0.6 is 15.9 Å². The number of hydrogen-bond acceptors (Lipinski definition) is 1. The lowest BCUT2D eigenvalue weighted by atomic mass is 10.2. The highest BCUT2D eigenvalue weighted by Crippen LogP contribution is 2.32. The summed E-state index contributed by atoms with van der Waals surface area (Å²) in [4.78, 5) is 0. The third-order valence-electron chi connectivity index (χ3n) is 2.31. The molecule has 2 rings (SSSR count). The van der Waals surface area contributed by atoms with Crippen molar-refractivity contribution in [2.75, 3.05) is 0 Å². The van der Waals surface area contributed by atoms with Crippen LogP contribution in [0.2, 0.25) is 0 Å². The molecule has 0 bridgehead atoms. The maximum absolute atomic E-state index is 13.2. The van der Waals surface area contributed by atoms with Crippen LogP contribution in [-0.4, -0.2) is 16.0 Å². The number of nitrogens with zero attached hydrogens (tertiary/aromatic N) is 2. The summed E-state index contributed by atoms with van der Waals surface area (Å²) in [5.41, 5.74) is 0. The van der Waals surface area contributed by atoms with Crippen LogP contribution in [0.5, 0.6) is 0 Å². The number of hydrogen-bond donors (Lipinski definition) is 0. The maximum atomic E-state index is 13.2. The van der Waals surface area contributed by atoms with Gasteiger partial charge in [-0.1, -0.05) is 0 Å². The summed E-state index contributed by atoms with van der Waals surface area (Å²) >= 11 is 3.29. The van der Waals surface area contributed by atoms with E-state index in [0.29, 0.717) is 6.42 Å². The van der Waals surface area contributed by atoms with Crippen molar-refractivity contribution in [1.29, 1.82) is 0 Å². The highest BCUT2D eigenvalue weighted by atomic mass is 79.9. The largest absolute Gasteiger partial charge is 0.266 e. The van der Waals surface area contributed by atoms with E-state index < -0.39 is 6.17 Å². The molecule has 4 heteroatoms. The zero-order valence-corrected chi connectivity index (χ0v) is 8.17. The second-order valence-electron chi connectivity index (χ2n) is 3.15. The van der Waals surface area contributed by atoms with E-state index in [2.05, 4.69) is 21.0 Å². The van der Waals surface area contributed by atoms with Gasteiger partial charge in [0.15, 0.2) is 0 Å². The van der Waals surface area contributed by atoms with Gasteiger partial charge in [0.2, 0.25) is 0 Å². The molecule has 1 aromatic rings. The maximum Gasteiger partial charge on any atom is 0.122 e. The van der Waals surface area contributed by atoms with Crippen molar-refractivity contribution in [3.05, 3.63) is 16.9 Å². The van der Waals surface area contributed by atoms with Gasteiger partial charge in [-0.05, 0) is 35.2 Å². The molecule has 66 valence electrons. The molecule has 0 N–H and O–H groups in total. The number of rotatable bonds is 1. The molecule has 1 heterocycles. The molecule has 1 saturated carbocycles. The third-order valence-corrected chi connectivity index (χ3v) is 2.72. The number of halogens is 2. The second kappa shape index (κ2) is 3.17. The van der Waals surface area contributed by atoms with E-state index in [9.17, 15) is 4.39 Å². The smallest absolute Gasteiger partial charge is 0.122 e. The molecule has 12 heavy (non-hydrogen) atoms. The van der Waals surface area contributed by atoms with Gasteiger partial charge in [-0.3, -0.25) is 4.68 Å². The first-order chi connectivity index (χ1) is 5.77. The minimum Gasteiger partial charge on any atom is -0.266 e. The standard InChI is InChI=1S/C8H10BrFN2/c9-6-4-11-12(5-6)8-3-1-2-7(8)10/h4-5,7-8H,1-3H2. The molecule has 0 aliphatic heterocycles. The molecule has 0 amide bonds. The summed E-state index contributed by atoms with van der Waals surface area (Å²) in [5, 5.41) is 4.08. The summed E-state index contributed by atoms with van der Waals surface area (Å²) < 4.78 is 15.8. The molecular formula is C8H10BrFN2. The summed E-state index contributed by atoms with van der Waals surface area (Å²) in [6, 6.07) is -0.0312. The van der Waals surface area contributed by atoms with Crippen LogP contribution in [0.15, 0.2) is 16.9 Å². The zero-order valence-electron chi connectivity index (χ0n) is 6.58. The van der Waals surface area contributed by atoms with Gasteiger partial charge < -0.3 is 0 Å². The predicted molar refractivity (Wildman–Crippen MR) is 47.7 cm³/mol. The summed E-state index contributed by atoms with van der Waals surface area (Å²) in [5.74, 6) is 0. The molecule has 0 spiro atoms. The number of alkyl halides is 1. The van der Waals surface area contributed by atoms with Crippen LogP contribution in [0.25, 0.3) is 0 Å². The van der Waals surface area contributed by atoms with Crippen molar-refractivity contribution in [1.82, 2.24) is 9.78 Å². The van der Waals surface area contributed by atoms with Gasteiger partial charge in [0.1, 0.15) is 6.17 Å². The number of aromatic nitrogens is 2. The van der Waals surface area contributed by atoms with E-state index in [1.54, 1.807) is 10.9 Å². The van der Waals surface area contributed by atoms with Crippen LogP contribution in [0.1, 0.15) is 25.3 Å². The minimum absolute atomic E-state index is 0.0312. The Morgan fingerprint density at radius 1 is 1.58 bits per heavy atom. The van der Waals surface area contributed by atoms with Crippen molar-refractivity contribution in [3.63, 3.8) is 0 Å². The molecular weight excluding hydrogens is 223 g/mol. The summed E-state index contributed by atoms with van der Waals surface area (Å²) in [6.07, 6.45) is 5.39. The van der Waals surface area contributed by atoms with E-state index in [0.717, 1.165) is 17.3 Å². The Kier molecular flexibility index (Phi) is 2.17. The Bertz CT molecular complexity index is 274. The van der Waals surface area contributed by atoms with Crippen molar-refractivity contribution in [2.45, 2.75) is 31.5 Å². The fraction of sp³-hybridized carbons (Fsp3) is 0.625. The third kappa shape index (κ3) is 1.40. The molecule has 2 nitrogen and oxygen atoms in total. The van der Waals surface area contributed by atoms with Crippen molar-refractivity contribution in [3.8, 4) is 0 Å². The van der Waals surface area contributed by atoms with Gasteiger partial charge in [0.25, 0.3) is 0 Å². The lowest BCUT2D eigenvalue weighted by Crippen LogP contribution is -2.14. The van der Waals surface area contributed by atoms with Gasteiger partial charge >= 0.3 is 0 Å². The van der Waals surface area contributed by atoms with E-state index in [4.69, 9.17) is 0 Å². The fourth-order valence-electron chi connectivity index (χ4n) is 1.69. The van der Waals surface area contributed by atoms with Gasteiger partial charge in [-0.2, -0.15) is 5.10 Å². The Balaban J connectivity index is 2.19. The molecule has 1 aliphatic rings. The Morgan fingerprint density at radius 3 is 2.92 bits per heavy atom. The molecule has 0 radical (unpaired) electrons. The quantitative estimate of drug-likeness (QED) is 0.729. The van der Waals surface area contributed by atoms with Gasteiger partial charge in [-0.15, -0.1) is 0 Å². The van der Waals surface area contributed by atoms with Crippen molar-refractivity contribution >= 4 is 15.9 Å². The second-order valence-corrected chi connectivity index (χ2v) is 4.07. The first-order valence-electron chi connectivity index (χ1n) is 4.11. The van der Waals surface area contributed by atoms with Crippen LogP contribution in [0.4, 0.5) is 4.39 Å². The van der Waals surface area contributed by atoms with Crippen molar-refractivity contribution < 1.29 is 4.39 Å². The molecule has 0 aromatic carbocycles. The summed E-state index contributed by atoms with van der Waals surface area (Å²) in [7, 11) is 0. The van der Waals surface area contributed by atoms with E-state index >= 15 is 0 Å². The highest BCUT2D eigenvalue weighted by molar-refractivity contribution is 9.10. The Labute approximate surface area is 78.9 Å². The monoisotopic (exact) mass is 232 g/mol. The molecule has 1 aromatic heterocycles. The fourth-order valence-corrected chi connectivity index (χ4v) is 1.99. The Morgan fingerprint density at radius 2 is 2.42 bits per heavy atom. The molecule has 1 aliphatic carbocycles. The topological polar surface area (TPSA) is 17.8 Å². The van der Waals surface area contributed by atoms with Gasteiger partial charge in [-0.25, -0.2) is 4.39 Å². The normalized spacial score (nSPS) is 29.5. The highest BCUT2D eigenvalue weighted by Gasteiger charge is 2.28. The molecule has 2 unspecified atom stereocenters. The van der Waals surface area contributed by atoms with E-state index in [-0.39, 0.29) is 6.04 Å². The predicted octanol–water partition coefficient (Wildman–Crippen LogP) is 2.71. The van der Waals surface area contributed by atoms with Crippen molar-refractivity contribution in [2.24, 2.45) is 0 Å². The molecule has 0 saturated heterocycles. The van der Waals surface area contributed by atoms with Crippen LogP contribution in [-0.2, 0) is 0 Å². The van der Waals surface area contributed by atoms with E-state index in [1.165, 1.54) is 0 Å². The summed E-state index contributed by atoms with van der Waals surface area (Å²) in [6.45, 7) is 0. The minimum atomic E-state index is -0.711. The van der Waals surface area contributed by atoms with Crippen LogP contribution in [0, 0.1) is 0 Å². The van der Waals surface area contributed by atoms with Crippen LogP contribution < -0.4 is 0 Å². The Hall–Kier alpha value is -0.380. The molecule has 2 atom stereocenters. The lowest BCUT2D eigenvalue weighted by Gasteiger charge is -2.12. The average molecular weight is 233 g/mol. The van der Waals surface area contributed by atoms with Crippen LogP contribution in [0.3, 0.4) is 0 Å². The van der Waals surface area contributed by atoms with Gasteiger partial charge in [0, 0.05) is 6.20 Å². The lowest BCUT2D eigenvalue weighted by molar-refractivity contribution is 0.250. The van der Waals surface area contributed by atoms with Gasteiger partial charge in [0.05, 0.1) is 16.7 Å². The zero-order chi connectivity index (χ0) is 8.55. The first-order valence-corrected chi connectivity index (χ1v) is 4.90. The molecule has 1 fully saturated rings. The van der Waals surface area contributed by atoms with E-state index in [1.807, 2.05) is 6.20 Å². The average Bonchev–Trinajstić information content (AvgIpc) is 2.58. The first kappa shape index (κ1) is 8.23. The SMILES string of the molecule is FC1CCCC1n1cc(Br)cn1.